The number of fused-ring (bicyclic) bond motifs is 1. The van der Waals surface area contributed by atoms with Crippen molar-refractivity contribution in [1.82, 2.24) is 5.32 Å². The van der Waals surface area contributed by atoms with Gasteiger partial charge in [0.1, 0.15) is 12.4 Å². The molecule has 6 nitrogen and oxygen atoms in total. The molecular weight excluding hydrogens is 328 g/mol. The molecule has 0 saturated carbocycles. The lowest BCUT2D eigenvalue weighted by molar-refractivity contribution is -0.118. The van der Waals surface area contributed by atoms with Crippen LogP contribution in [0.4, 0.5) is 5.69 Å². The van der Waals surface area contributed by atoms with Crippen LogP contribution in [-0.4, -0.2) is 41.1 Å². The van der Waals surface area contributed by atoms with Crippen molar-refractivity contribution in [2.24, 2.45) is 0 Å². The van der Waals surface area contributed by atoms with Gasteiger partial charge in [0.15, 0.2) is 0 Å². The van der Waals surface area contributed by atoms with E-state index in [0.717, 1.165) is 0 Å². The summed E-state index contributed by atoms with van der Waals surface area (Å²) in [4.78, 5) is 14.1. The maximum absolute atomic E-state index is 12.7. The van der Waals surface area contributed by atoms with Gasteiger partial charge in [0.25, 0.3) is 0 Å². The molecule has 126 valence electrons. The molecular formula is C17H18N2O4S. The summed E-state index contributed by atoms with van der Waals surface area (Å²) in [5.74, 6) is 0.323. The Morgan fingerprint density at radius 3 is 2.62 bits per heavy atom. The highest BCUT2D eigenvalue weighted by Crippen LogP contribution is 2.35. The first-order chi connectivity index (χ1) is 11.5. The third-order valence-electron chi connectivity index (χ3n) is 3.79. The summed E-state index contributed by atoms with van der Waals surface area (Å²) in [5.41, 5.74) is 0.591. The van der Waals surface area contributed by atoms with Gasteiger partial charge in [-0.3, -0.25) is 4.79 Å². The van der Waals surface area contributed by atoms with Crippen LogP contribution < -0.4 is 15.0 Å². The molecule has 0 unspecified atom stereocenters. The maximum atomic E-state index is 12.7. The van der Waals surface area contributed by atoms with Crippen molar-refractivity contribution in [3.8, 4) is 5.75 Å². The fourth-order valence-electron chi connectivity index (χ4n) is 2.61. The van der Waals surface area contributed by atoms with Gasteiger partial charge in [-0.05, 0) is 31.3 Å². The fourth-order valence-corrected chi connectivity index (χ4v) is 3.91. The van der Waals surface area contributed by atoms with Crippen LogP contribution in [0.2, 0.25) is 0 Å². The number of nitrogens with one attached hydrogen (secondary N) is 1. The van der Waals surface area contributed by atoms with Gasteiger partial charge in [0, 0.05) is 6.07 Å². The monoisotopic (exact) mass is 346 g/mol. The van der Waals surface area contributed by atoms with E-state index in [0.29, 0.717) is 24.6 Å². The molecule has 1 aliphatic heterocycles. The van der Waals surface area contributed by atoms with Crippen LogP contribution in [0, 0.1) is 0 Å². The zero-order chi connectivity index (χ0) is 17.2. The van der Waals surface area contributed by atoms with Gasteiger partial charge < -0.3 is 15.0 Å². The minimum absolute atomic E-state index is 0.0827. The molecule has 3 rings (SSSR count). The summed E-state index contributed by atoms with van der Waals surface area (Å²) in [7, 11) is -1.91. The lowest BCUT2D eigenvalue weighted by atomic mass is 10.2. The Labute approximate surface area is 141 Å². The second-order valence-corrected chi connectivity index (χ2v) is 7.32. The molecule has 24 heavy (non-hydrogen) atoms. The molecule has 1 heterocycles. The minimum Gasteiger partial charge on any atom is -0.489 e. The molecule has 0 aromatic heterocycles. The standard InChI is InChI=1S/C17H18N2O4S/c1-18-12-17(20)19-9-10-23-16-11-14(7-8-15(16)19)24(21,22)13-5-3-2-4-6-13/h2-8,11,18H,9-10,12H2,1H3. The number of nitrogens with zero attached hydrogens (tertiary/aromatic N) is 1. The zero-order valence-corrected chi connectivity index (χ0v) is 14.0. The van der Waals surface area contributed by atoms with Crippen LogP contribution in [0.5, 0.6) is 5.75 Å². The molecule has 0 radical (unpaired) electrons. The van der Waals surface area contributed by atoms with E-state index >= 15 is 0 Å². The predicted octanol–water partition coefficient (Wildman–Crippen LogP) is 1.46. The fraction of sp³-hybridized carbons (Fsp3) is 0.235. The normalized spacial score (nSPS) is 14.0. The molecule has 0 fully saturated rings. The molecule has 2 aromatic carbocycles. The van der Waals surface area contributed by atoms with E-state index in [1.165, 1.54) is 12.1 Å². The molecule has 2 aromatic rings. The number of anilines is 1. The second-order valence-electron chi connectivity index (χ2n) is 5.37. The van der Waals surface area contributed by atoms with Gasteiger partial charge in [-0.25, -0.2) is 8.42 Å². The lowest BCUT2D eigenvalue weighted by Gasteiger charge is -2.29. The largest absolute Gasteiger partial charge is 0.489 e. The average molecular weight is 346 g/mol. The quantitative estimate of drug-likeness (QED) is 0.907. The van der Waals surface area contributed by atoms with E-state index in [1.54, 1.807) is 48.3 Å². The van der Waals surface area contributed by atoms with Gasteiger partial charge in [0.2, 0.25) is 15.7 Å². The molecule has 1 N–H and O–H groups in total. The van der Waals surface area contributed by atoms with Gasteiger partial charge in [-0.1, -0.05) is 18.2 Å². The minimum atomic E-state index is -3.62. The van der Waals surface area contributed by atoms with E-state index in [-0.39, 0.29) is 22.2 Å². The van der Waals surface area contributed by atoms with Crippen LogP contribution in [0.15, 0.2) is 58.3 Å². The Morgan fingerprint density at radius 1 is 1.17 bits per heavy atom. The van der Waals surface area contributed by atoms with Crippen molar-refractivity contribution in [1.29, 1.82) is 0 Å². The Balaban J connectivity index is 1.99. The number of amides is 1. The lowest BCUT2D eigenvalue weighted by Crippen LogP contribution is -2.42. The number of likely N-dealkylation sites (N-methyl/N-ethyl adjacent to an activating group) is 1. The van der Waals surface area contributed by atoms with Gasteiger partial charge in [0.05, 0.1) is 28.6 Å². The molecule has 1 aliphatic rings. The Morgan fingerprint density at radius 2 is 1.92 bits per heavy atom. The predicted molar refractivity (Wildman–Crippen MR) is 90.1 cm³/mol. The summed E-state index contributed by atoms with van der Waals surface area (Å²) in [6.45, 7) is 0.985. The highest BCUT2D eigenvalue weighted by atomic mass is 32.2. The van der Waals surface area contributed by atoms with Crippen molar-refractivity contribution in [3.05, 3.63) is 48.5 Å². The number of sulfone groups is 1. The average Bonchev–Trinajstić information content (AvgIpc) is 2.61. The third-order valence-corrected chi connectivity index (χ3v) is 5.55. The summed E-state index contributed by atoms with van der Waals surface area (Å²) in [6.07, 6.45) is 0. The first kappa shape index (κ1) is 16.5. The Hall–Kier alpha value is -2.38. The molecule has 7 heteroatoms. The number of hydrogen-bond donors (Lipinski definition) is 1. The first-order valence-electron chi connectivity index (χ1n) is 7.56. The van der Waals surface area contributed by atoms with Crippen molar-refractivity contribution >= 4 is 21.4 Å². The van der Waals surface area contributed by atoms with Crippen LogP contribution in [0.3, 0.4) is 0 Å². The molecule has 1 amide bonds. The van der Waals surface area contributed by atoms with Crippen molar-refractivity contribution in [3.63, 3.8) is 0 Å². The molecule has 0 aliphatic carbocycles. The molecule has 0 spiro atoms. The van der Waals surface area contributed by atoms with Crippen molar-refractivity contribution < 1.29 is 17.9 Å². The summed E-state index contributed by atoms with van der Waals surface area (Å²) < 4.78 is 31.0. The van der Waals surface area contributed by atoms with E-state index in [4.69, 9.17) is 4.74 Å². The molecule has 0 saturated heterocycles. The highest BCUT2D eigenvalue weighted by Gasteiger charge is 2.26. The summed E-state index contributed by atoms with van der Waals surface area (Å²) >= 11 is 0. The zero-order valence-electron chi connectivity index (χ0n) is 13.2. The van der Waals surface area contributed by atoms with Crippen LogP contribution in [0.25, 0.3) is 0 Å². The van der Waals surface area contributed by atoms with E-state index in [1.807, 2.05) is 0 Å². The van der Waals surface area contributed by atoms with E-state index < -0.39 is 9.84 Å². The highest BCUT2D eigenvalue weighted by molar-refractivity contribution is 7.91. The number of hydrogen-bond acceptors (Lipinski definition) is 5. The van der Waals surface area contributed by atoms with Gasteiger partial charge >= 0.3 is 0 Å². The number of benzene rings is 2. The van der Waals surface area contributed by atoms with Crippen LogP contribution >= 0.6 is 0 Å². The second kappa shape index (κ2) is 6.62. The smallest absolute Gasteiger partial charge is 0.241 e. The third kappa shape index (κ3) is 3.00. The number of carbonyl (C=O) groups excluding carboxylic acids is 1. The molecule has 0 atom stereocenters. The van der Waals surface area contributed by atoms with Crippen LogP contribution in [0.1, 0.15) is 0 Å². The topological polar surface area (TPSA) is 75.7 Å². The van der Waals surface area contributed by atoms with E-state index in [2.05, 4.69) is 5.32 Å². The van der Waals surface area contributed by atoms with Crippen molar-refractivity contribution in [2.45, 2.75) is 9.79 Å². The Bertz CT molecular complexity index is 850. The van der Waals surface area contributed by atoms with Crippen LogP contribution in [-0.2, 0) is 14.6 Å². The maximum Gasteiger partial charge on any atom is 0.241 e. The Kier molecular flexibility index (Phi) is 4.55. The first-order valence-corrected chi connectivity index (χ1v) is 9.04. The summed E-state index contributed by atoms with van der Waals surface area (Å²) in [5, 5.41) is 2.82. The molecule has 0 bridgehead atoms. The van der Waals surface area contributed by atoms with Gasteiger partial charge in [-0.2, -0.15) is 0 Å². The SMILES string of the molecule is CNCC(=O)N1CCOc2cc(S(=O)(=O)c3ccccc3)ccc21. The van der Waals surface area contributed by atoms with Crippen molar-refractivity contribution in [2.75, 3.05) is 31.6 Å². The van der Waals surface area contributed by atoms with Gasteiger partial charge in [-0.15, -0.1) is 0 Å². The number of carbonyl (C=O) groups is 1. The summed E-state index contributed by atoms with van der Waals surface area (Å²) in [6, 6.07) is 12.8. The number of ether oxygens (including phenoxy) is 1. The van der Waals surface area contributed by atoms with E-state index in [9.17, 15) is 13.2 Å². The number of rotatable bonds is 4.